The Morgan fingerprint density at radius 3 is 2.62 bits per heavy atom. The van der Waals surface area contributed by atoms with E-state index in [9.17, 15) is 0 Å². The fourth-order valence-electron chi connectivity index (χ4n) is 5.51. The molecular weight excluding hydrogens is 405 g/mol. The molecule has 2 fully saturated rings. The van der Waals surface area contributed by atoms with E-state index < -0.39 is 0 Å². The Labute approximate surface area is 189 Å². The highest BCUT2D eigenvalue weighted by molar-refractivity contribution is 5.73. The molecule has 3 atom stereocenters. The number of rotatable bonds is 6. The van der Waals surface area contributed by atoms with Crippen LogP contribution in [0.4, 0.5) is 15.8 Å². The summed E-state index contributed by atoms with van der Waals surface area (Å²) >= 11 is 0. The van der Waals surface area contributed by atoms with E-state index in [1.807, 2.05) is 30.3 Å². The minimum Gasteiger partial charge on any atom is -0.492 e. The van der Waals surface area contributed by atoms with Crippen LogP contribution in [0, 0.1) is 24.6 Å². The number of hydrogen-bond donors (Lipinski definition) is 2. The monoisotopic (exact) mass is 439 g/mol. The van der Waals surface area contributed by atoms with E-state index in [-0.39, 0.29) is 17.8 Å². The van der Waals surface area contributed by atoms with E-state index in [1.165, 1.54) is 18.5 Å². The van der Waals surface area contributed by atoms with Gasteiger partial charge in [0.25, 0.3) is 0 Å². The molecule has 32 heavy (non-hydrogen) atoms. The molecule has 1 saturated carbocycles. The smallest absolute Gasteiger partial charge is 0.147 e. The Bertz CT molecular complexity index is 967. The Morgan fingerprint density at radius 1 is 1.16 bits per heavy atom. The summed E-state index contributed by atoms with van der Waals surface area (Å²) < 4.78 is 21.3. The maximum atomic E-state index is 15.4. The quantitative estimate of drug-likeness (QED) is 0.674. The van der Waals surface area contributed by atoms with Crippen LogP contribution in [0.2, 0.25) is 0 Å². The lowest BCUT2D eigenvalue weighted by molar-refractivity contribution is 0.233. The van der Waals surface area contributed by atoms with Gasteiger partial charge in [-0.05, 0) is 60.9 Å². The van der Waals surface area contributed by atoms with Gasteiger partial charge in [0.05, 0.1) is 12.4 Å². The Morgan fingerprint density at radius 2 is 1.91 bits per heavy atom. The van der Waals surface area contributed by atoms with E-state index in [2.05, 4.69) is 23.6 Å². The van der Waals surface area contributed by atoms with E-state index in [1.54, 1.807) is 11.1 Å². The van der Waals surface area contributed by atoms with E-state index in [0.717, 1.165) is 35.7 Å². The second-order valence-corrected chi connectivity index (χ2v) is 9.76. The molecule has 4 N–H and O–H groups in total. The molecule has 3 aliphatic rings. The zero-order valence-corrected chi connectivity index (χ0v) is 19.0. The van der Waals surface area contributed by atoms with Crippen molar-refractivity contribution in [2.45, 2.75) is 45.3 Å². The first-order valence-electron chi connectivity index (χ1n) is 11.7. The summed E-state index contributed by atoms with van der Waals surface area (Å²) in [5, 5.41) is 1.78. The second-order valence-electron chi connectivity index (χ2n) is 9.76. The molecule has 5 rings (SSSR count). The average molecular weight is 440 g/mol. The molecular formula is C25H34FN5O. The number of ether oxygens (including phenoxy) is 1. The Kier molecular flexibility index (Phi) is 5.73. The van der Waals surface area contributed by atoms with Crippen molar-refractivity contribution in [3.63, 3.8) is 0 Å². The lowest BCUT2D eigenvalue weighted by Crippen LogP contribution is -2.47. The molecule has 0 spiro atoms. The maximum Gasteiger partial charge on any atom is 0.147 e. The molecule has 6 nitrogen and oxygen atoms in total. The predicted molar refractivity (Wildman–Crippen MR) is 126 cm³/mol. The number of halogens is 1. The molecule has 2 aliphatic heterocycles. The maximum absolute atomic E-state index is 15.4. The van der Waals surface area contributed by atoms with E-state index in [0.29, 0.717) is 31.8 Å². The number of nitrogens with zero attached hydrogens (tertiary/aromatic N) is 3. The number of fused-ring (bicyclic) bond motifs is 1. The predicted octanol–water partition coefficient (Wildman–Crippen LogP) is 3.23. The van der Waals surface area contributed by atoms with Crippen molar-refractivity contribution in [2.75, 3.05) is 36.2 Å². The SMILES string of the molecule is Cc1c(N2C[C@H]([C@H](N)COc3ccccc3)[C@H](C)C2)c(F)cc2c1N(C1CC1)CN(N)C2. The van der Waals surface area contributed by atoms with Crippen molar-refractivity contribution in [1.82, 2.24) is 5.01 Å². The Hall–Kier alpha value is -2.35. The summed E-state index contributed by atoms with van der Waals surface area (Å²) in [6.07, 6.45) is 2.36. The van der Waals surface area contributed by atoms with Crippen LogP contribution < -0.4 is 26.1 Å². The van der Waals surface area contributed by atoms with Gasteiger partial charge in [0.1, 0.15) is 18.2 Å². The standard InChI is InChI=1S/C25H34FN5O/c1-16-11-29(13-21(16)23(27)14-32-20-6-4-3-5-7-20)25-17(2)24-18(10-22(25)26)12-30(28)15-31(24)19-8-9-19/h3-7,10,16,19,21,23H,8-9,11-15,27-28H2,1-2H3/t16-,21+,23-/m1/s1. The third-order valence-corrected chi connectivity index (χ3v) is 7.25. The van der Waals surface area contributed by atoms with Crippen molar-refractivity contribution >= 4 is 11.4 Å². The van der Waals surface area contributed by atoms with Gasteiger partial charge in [0.2, 0.25) is 0 Å². The van der Waals surface area contributed by atoms with Crippen molar-refractivity contribution < 1.29 is 9.13 Å². The number of nitrogens with two attached hydrogens (primary N) is 2. The highest BCUT2D eigenvalue weighted by Crippen LogP contribution is 2.44. The molecule has 2 aromatic carbocycles. The molecule has 0 aromatic heterocycles. The first-order chi connectivity index (χ1) is 15.4. The van der Waals surface area contributed by atoms with Crippen molar-refractivity contribution in [2.24, 2.45) is 23.4 Å². The van der Waals surface area contributed by atoms with Crippen LogP contribution in [0.15, 0.2) is 36.4 Å². The number of para-hydroxylation sites is 1. The van der Waals surface area contributed by atoms with Gasteiger partial charge in [-0.25, -0.2) is 9.40 Å². The Balaban J connectivity index is 1.35. The molecule has 7 heteroatoms. The van der Waals surface area contributed by atoms with Crippen LogP contribution in [0.1, 0.15) is 30.9 Å². The molecule has 2 aromatic rings. The van der Waals surface area contributed by atoms with E-state index in [4.69, 9.17) is 16.3 Å². The number of hydrogen-bond acceptors (Lipinski definition) is 6. The summed E-state index contributed by atoms with van der Waals surface area (Å²) in [6, 6.07) is 11.9. The number of anilines is 2. The zero-order chi connectivity index (χ0) is 22.4. The third kappa shape index (κ3) is 4.05. The molecule has 0 unspecified atom stereocenters. The first-order valence-corrected chi connectivity index (χ1v) is 11.7. The summed E-state index contributed by atoms with van der Waals surface area (Å²) in [4.78, 5) is 4.57. The zero-order valence-electron chi connectivity index (χ0n) is 19.0. The van der Waals surface area contributed by atoms with Crippen LogP contribution in [-0.4, -0.2) is 43.5 Å². The summed E-state index contributed by atoms with van der Waals surface area (Å²) in [7, 11) is 0. The largest absolute Gasteiger partial charge is 0.492 e. The molecule has 0 radical (unpaired) electrons. The van der Waals surface area contributed by atoms with Gasteiger partial charge in [0, 0.05) is 37.4 Å². The van der Waals surface area contributed by atoms with Gasteiger partial charge in [-0.1, -0.05) is 25.1 Å². The van der Waals surface area contributed by atoms with Crippen LogP contribution >= 0.6 is 0 Å². The van der Waals surface area contributed by atoms with Gasteiger partial charge < -0.3 is 20.3 Å². The van der Waals surface area contributed by atoms with Crippen molar-refractivity contribution in [3.05, 3.63) is 53.3 Å². The summed E-state index contributed by atoms with van der Waals surface area (Å²) in [5.41, 5.74) is 10.5. The highest BCUT2D eigenvalue weighted by atomic mass is 19.1. The fraction of sp³-hybridized carbons (Fsp3) is 0.520. The summed E-state index contributed by atoms with van der Waals surface area (Å²) in [6.45, 7) is 7.55. The number of hydrazine groups is 1. The second kappa shape index (κ2) is 8.54. The normalized spacial score (nSPS) is 24.5. The minimum absolute atomic E-state index is 0.107. The molecule has 0 amide bonds. The topological polar surface area (TPSA) is 71.0 Å². The van der Waals surface area contributed by atoms with Crippen LogP contribution in [0.5, 0.6) is 5.75 Å². The molecule has 1 saturated heterocycles. The lowest BCUT2D eigenvalue weighted by Gasteiger charge is -2.39. The fourth-order valence-corrected chi connectivity index (χ4v) is 5.51. The average Bonchev–Trinajstić information content (AvgIpc) is 3.54. The number of benzene rings is 2. The molecule has 1 aliphatic carbocycles. The third-order valence-electron chi connectivity index (χ3n) is 7.25. The molecule has 2 heterocycles. The van der Waals surface area contributed by atoms with Gasteiger partial charge in [-0.3, -0.25) is 5.84 Å². The minimum atomic E-state index is -0.158. The summed E-state index contributed by atoms with van der Waals surface area (Å²) in [5.74, 6) is 7.41. The molecule has 0 bridgehead atoms. The molecule has 172 valence electrons. The van der Waals surface area contributed by atoms with Gasteiger partial charge in [-0.15, -0.1) is 0 Å². The lowest BCUT2D eigenvalue weighted by atomic mass is 9.91. The van der Waals surface area contributed by atoms with Gasteiger partial charge in [-0.2, -0.15) is 0 Å². The van der Waals surface area contributed by atoms with Crippen LogP contribution in [0.25, 0.3) is 0 Å². The van der Waals surface area contributed by atoms with Crippen molar-refractivity contribution in [1.29, 1.82) is 0 Å². The van der Waals surface area contributed by atoms with Crippen LogP contribution in [0.3, 0.4) is 0 Å². The first kappa shape index (κ1) is 21.5. The van der Waals surface area contributed by atoms with Gasteiger partial charge >= 0.3 is 0 Å². The van der Waals surface area contributed by atoms with Crippen molar-refractivity contribution in [3.8, 4) is 5.75 Å². The van der Waals surface area contributed by atoms with E-state index >= 15 is 4.39 Å². The van der Waals surface area contributed by atoms with Gasteiger partial charge in [0.15, 0.2) is 0 Å². The highest BCUT2D eigenvalue weighted by Gasteiger charge is 2.39. The van der Waals surface area contributed by atoms with Crippen LogP contribution in [-0.2, 0) is 6.54 Å².